The maximum atomic E-state index is 6.54. The van der Waals surface area contributed by atoms with Gasteiger partial charge in [0.1, 0.15) is 0 Å². The van der Waals surface area contributed by atoms with E-state index in [1.807, 2.05) is 125 Å². The van der Waals surface area contributed by atoms with Crippen molar-refractivity contribution in [3.05, 3.63) is 119 Å². The van der Waals surface area contributed by atoms with Gasteiger partial charge in [-0.25, -0.2) is 0 Å². The van der Waals surface area contributed by atoms with Crippen LogP contribution in [0.15, 0.2) is 97.1 Å². The number of benzene rings is 4. The van der Waals surface area contributed by atoms with Crippen molar-refractivity contribution >= 4 is 0 Å². The van der Waals surface area contributed by atoms with Crippen molar-refractivity contribution in [2.24, 2.45) is 0 Å². The molecule has 4 aromatic rings. The van der Waals surface area contributed by atoms with Gasteiger partial charge in [-0.05, 0) is 0 Å². The molecule has 0 saturated heterocycles. The van der Waals surface area contributed by atoms with Gasteiger partial charge in [0.25, 0.3) is 0 Å². The number of hydrogen-bond acceptors (Lipinski definition) is 4. The zero-order valence-electron chi connectivity index (χ0n) is 19.4. The SMILES string of the molecule is Cc1cccc([O][Ti]([O]c2cccc(C)c2)([O]c2cccc(C)c2)[O]c2cccc(C)c2)c1. The molecule has 0 amide bonds. The van der Waals surface area contributed by atoms with Gasteiger partial charge in [0.05, 0.1) is 0 Å². The van der Waals surface area contributed by atoms with E-state index in [1.165, 1.54) is 0 Å². The molecule has 168 valence electrons. The summed E-state index contributed by atoms with van der Waals surface area (Å²) in [5.41, 5.74) is 4.30. The van der Waals surface area contributed by atoms with Crippen LogP contribution in [0.2, 0.25) is 0 Å². The summed E-state index contributed by atoms with van der Waals surface area (Å²) in [6.07, 6.45) is 0. The zero-order chi connectivity index (χ0) is 23.3. The second-order valence-corrected chi connectivity index (χ2v) is 11.0. The summed E-state index contributed by atoms with van der Waals surface area (Å²) < 4.78 is 26.1. The van der Waals surface area contributed by atoms with Crippen LogP contribution in [0.25, 0.3) is 0 Å². The molecule has 0 N–H and O–H groups in total. The van der Waals surface area contributed by atoms with Crippen LogP contribution in [-0.2, 0) is 18.1 Å². The predicted molar refractivity (Wildman–Crippen MR) is 127 cm³/mol. The van der Waals surface area contributed by atoms with Gasteiger partial charge in [0.2, 0.25) is 0 Å². The monoisotopic (exact) mass is 476 g/mol. The third kappa shape index (κ3) is 6.41. The zero-order valence-corrected chi connectivity index (χ0v) is 20.9. The second kappa shape index (κ2) is 10.2. The Morgan fingerprint density at radius 1 is 0.394 bits per heavy atom. The topological polar surface area (TPSA) is 36.9 Å². The molecule has 0 aromatic heterocycles. The Morgan fingerprint density at radius 2 is 0.636 bits per heavy atom. The van der Waals surface area contributed by atoms with E-state index in [0.717, 1.165) is 22.3 Å². The summed E-state index contributed by atoms with van der Waals surface area (Å²) >= 11 is -4.53. The Balaban J connectivity index is 1.81. The first-order valence-corrected chi connectivity index (χ1v) is 13.5. The molecule has 0 spiro atoms. The van der Waals surface area contributed by atoms with E-state index in [1.54, 1.807) is 0 Å². The van der Waals surface area contributed by atoms with Gasteiger partial charge in [0, 0.05) is 0 Å². The first-order chi connectivity index (χ1) is 15.9. The van der Waals surface area contributed by atoms with Crippen molar-refractivity contribution in [2.75, 3.05) is 0 Å². The third-order valence-electron chi connectivity index (χ3n) is 4.93. The summed E-state index contributed by atoms with van der Waals surface area (Å²) in [7, 11) is 0. The summed E-state index contributed by atoms with van der Waals surface area (Å²) in [5.74, 6) is 2.57. The van der Waals surface area contributed by atoms with Gasteiger partial charge in [-0.1, -0.05) is 0 Å². The summed E-state index contributed by atoms with van der Waals surface area (Å²) in [6.45, 7) is 8.08. The molecule has 5 heteroatoms. The van der Waals surface area contributed by atoms with E-state index >= 15 is 0 Å². The Morgan fingerprint density at radius 3 is 0.848 bits per heavy atom. The van der Waals surface area contributed by atoms with Gasteiger partial charge < -0.3 is 0 Å². The van der Waals surface area contributed by atoms with Crippen molar-refractivity contribution in [1.29, 1.82) is 0 Å². The minimum atomic E-state index is -4.53. The van der Waals surface area contributed by atoms with Crippen LogP contribution < -0.4 is 13.3 Å². The molecule has 0 radical (unpaired) electrons. The molecule has 0 bridgehead atoms. The Labute approximate surface area is 201 Å². The second-order valence-electron chi connectivity index (χ2n) is 8.17. The molecule has 0 fully saturated rings. The fourth-order valence-corrected chi connectivity index (χ4v) is 6.40. The van der Waals surface area contributed by atoms with Crippen LogP contribution >= 0.6 is 0 Å². The van der Waals surface area contributed by atoms with Crippen molar-refractivity contribution in [3.63, 3.8) is 0 Å². The van der Waals surface area contributed by atoms with Crippen LogP contribution in [0.1, 0.15) is 22.3 Å². The van der Waals surface area contributed by atoms with Crippen molar-refractivity contribution in [1.82, 2.24) is 0 Å². The van der Waals surface area contributed by atoms with Crippen molar-refractivity contribution in [2.45, 2.75) is 27.7 Å². The Bertz CT molecular complexity index is 1040. The number of hydrogen-bond donors (Lipinski definition) is 0. The average Bonchev–Trinajstić information content (AvgIpc) is 2.73. The van der Waals surface area contributed by atoms with E-state index in [9.17, 15) is 0 Å². The molecule has 0 unspecified atom stereocenters. The van der Waals surface area contributed by atoms with Crippen LogP contribution in [0.5, 0.6) is 23.0 Å². The predicted octanol–water partition coefficient (Wildman–Crippen LogP) is 7.35. The van der Waals surface area contributed by atoms with Crippen LogP contribution in [-0.4, -0.2) is 0 Å². The van der Waals surface area contributed by atoms with Crippen LogP contribution in [0, 0.1) is 27.7 Å². The molecular formula is C28H28O4Ti. The first kappa shape index (κ1) is 23.0. The number of aryl methyl sites for hydroxylation is 4. The average molecular weight is 476 g/mol. The van der Waals surface area contributed by atoms with E-state index in [2.05, 4.69) is 0 Å². The van der Waals surface area contributed by atoms with Gasteiger partial charge in [-0.15, -0.1) is 0 Å². The van der Waals surface area contributed by atoms with Gasteiger partial charge in [-0.2, -0.15) is 0 Å². The molecule has 0 saturated carbocycles. The van der Waals surface area contributed by atoms with Crippen LogP contribution in [0.4, 0.5) is 0 Å². The molecule has 0 heterocycles. The molecular weight excluding hydrogens is 448 g/mol. The Kier molecular flexibility index (Phi) is 7.07. The Hall–Kier alpha value is -3.21. The molecule has 33 heavy (non-hydrogen) atoms. The molecule has 0 aliphatic carbocycles. The fraction of sp³-hybridized carbons (Fsp3) is 0.143. The van der Waals surface area contributed by atoms with E-state index < -0.39 is 18.1 Å². The normalized spacial score (nSPS) is 11.0. The molecule has 4 rings (SSSR count). The fourth-order valence-electron chi connectivity index (χ4n) is 3.42. The molecule has 0 aliphatic heterocycles. The number of rotatable bonds is 8. The van der Waals surface area contributed by atoms with Gasteiger partial charge in [0.15, 0.2) is 0 Å². The maximum absolute atomic E-state index is 6.54. The standard InChI is InChI=1S/4C7H8O.Ti/c4*1-6-3-2-4-7(8)5-6;/h4*2-5,8H,1H3;/q;;;;+4/p-4. The van der Waals surface area contributed by atoms with Crippen LogP contribution in [0.3, 0.4) is 0 Å². The minimum absolute atomic E-state index is 0.642. The van der Waals surface area contributed by atoms with E-state index in [4.69, 9.17) is 13.3 Å². The molecule has 0 aliphatic rings. The summed E-state index contributed by atoms with van der Waals surface area (Å²) in [5, 5.41) is 0. The first-order valence-electron chi connectivity index (χ1n) is 10.9. The third-order valence-corrected chi connectivity index (χ3v) is 7.96. The van der Waals surface area contributed by atoms with E-state index in [0.29, 0.717) is 23.0 Å². The van der Waals surface area contributed by atoms with Crippen molar-refractivity contribution in [3.8, 4) is 23.0 Å². The summed E-state index contributed by atoms with van der Waals surface area (Å²) in [4.78, 5) is 0. The summed E-state index contributed by atoms with van der Waals surface area (Å²) in [6, 6.07) is 31.3. The van der Waals surface area contributed by atoms with Gasteiger partial charge >= 0.3 is 201 Å². The molecule has 0 atom stereocenters. The van der Waals surface area contributed by atoms with Crippen molar-refractivity contribution < 1.29 is 31.4 Å². The molecule has 4 nitrogen and oxygen atoms in total. The van der Waals surface area contributed by atoms with E-state index in [-0.39, 0.29) is 0 Å². The molecule has 4 aromatic carbocycles. The quantitative estimate of drug-likeness (QED) is 0.249. The van der Waals surface area contributed by atoms with Gasteiger partial charge in [-0.3, -0.25) is 0 Å².